The average molecular weight is 372 g/mol. The SMILES string of the molecule is Cc1cc2c3[n+](c1)Cc1cccc(c1-3)B1N(c3ccccc3)c3ccccc3N12. The van der Waals surface area contributed by atoms with Crippen LogP contribution < -0.4 is 19.7 Å². The van der Waals surface area contributed by atoms with E-state index >= 15 is 0 Å². The molecule has 0 bridgehead atoms. The van der Waals surface area contributed by atoms with Crippen LogP contribution in [0.15, 0.2) is 85.1 Å². The van der Waals surface area contributed by atoms with Crippen molar-refractivity contribution < 1.29 is 4.57 Å². The largest absolute Gasteiger partial charge is 0.421 e. The number of pyridine rings is 1. The maximum absolute atomic E-state index is 2.54. The Bertz CT molecular complexity index is 1320. The highest BCUT2D eigenvalue weighted by Gasteiger charge is 2.52. The topological polar surface area (TPSA) is 10.4 Å². The number of anilines is 4. The van der Waals surface area contributed by atoms with Crippen LogP contribution in [0.5, 0.6) is 0 Å². The summed E-state index contributed by atoms with van der Waals surface area (Å²) in [5.74, 6) is 0. The van der Waals surface area contributed by atoms with E-state index in [1.165, 1.54) is 50.6 Å². The highest BCUT2D eigenvalue weighted by atomic mass is 15.3. The molecule has 0 unspecified atom stereocenters. The van der Waals surface area contributed by atoms with Gasteiger partial charge in [-0.05, 0) is 42.7 Å². The lowest BCUT2D eigenvalue weighted by molar-refractivity contribution is -0.671. The molecule has 0 radical (unpaired) electrons. The maximum atomic E-state index is 2.54. The fourth-order valence-electron chi connectivity index (χ4n) is 5.46. The number of rotatable bonds is 1. The number of hydrogen-bond donors (Lipinski definition) is 0. The summed E-state index contributed by atoms with van der Waals surface area (Å²) in [5, 5.41) is 0. The first-order chi connectivity index (χ1) is 14.3. The van der Waals surface area contributed by atoms with Gasteiger partial charge in [-0.2, -0.15) is 4.57 Å². The molecule has 1 aromatic heterocycles. The molecule has 0 fully saturated rings. The second-order valence-electron chi connectivity index (χ2n) is 8.20. The molecular weight excluding hydrogens is 353 g/mol. The molecule has 3 aromatic carbocycles. The Morgan fingerprint density at radius 2 is 1.55 bits per heavy atom. The molecule has 0 saturated carbocycles. The van der Waals surface area contributed by atoms with Crippen molar-refractivity contribution in [2.75, 3.05) is 9.62 Å². The lowest BCUT2D eigenvalue weighted by Gasteiger charge is -2.34. The van der Waals surface area contributed by atoms with Gasteiger partial charge in [0.2, 0.25) is 5.69 Å². The van der Waals surface area contributed by atoms with Crippen molar-refractivity contribution in [3.05, 3.63) is 96.2 Å². The zero-order valence-corrected chi connectivity index (χ0v) is 16.2. The van der Waals surface area contributed by atoms with E-state index in [1.807, 2.05) is 0 Å². The minimum Gasteiger partial charge on any atom is -0.360 e. The second kappa shape index (κ2) is 5.29. The van der Waals surface area contributed by atoms with Crippen LogP contribution in [-0.2, 0) is 6.54 Å². The highest BCUT2D eigenvalue weighted by molar-refractivity contribution is 6.86. The van der Waals surface area contributed by atoms with E-state index in [-0.39, 0.29) is 6.98 Å². The Morgan fingerprint density at radius 1 is 0.793 bits per heavy atom. The number of aryl methyl sites for hydroxylation is 1. The molecule has 0 spiro atoms. The molecule has 0 aliphatic carbocycles. The van der Waals surface area contributed by atoms with Crippen molar-refractivity contribution in [1.82, 2.24) is 0 Å². The summed E-state index contributed by atoms with van der Waals surface area (Å²) in [6.45, 7) is 3.29. The van der Waals surface area contributed by atoms with Gasteiger partial charge in [-0.3, -0.25) is 0 Å². The Hall–Kier alpha value is -3.53. The van der Waals surface area contributed by atoms with E-state index in [0.717, 1.165) is 6.54 Å². The minimum atomic E-state index is 0.130. The predicted octanol–water partition coefficient (Wildman–Crippen LogP) is 4.31. The summed E-state index contributed by atoms with van der Waals surface area (Å²) < 4.78 is 2.43. The molecule has 3 nitrogen and oxygen atoms in total. The van der Waals surface area contributed by atoms with Crippen molar-refractivity contribution in [3.8, 4) is 11.3 Å². The molecule has 4 heteroatoms. The van der Waals surface area contributed by atoms with Gasteiger partial charge in [0.25, 0.3) is 0 Å². The molecule has 7 rings (SSSR count). The van der Waals surface area contributed by atoms with Gasteiger partial charge in [-0.1, -0.05) is 48.5 Å². The zero-order chi connectivity index (χ0) is 19.1. The molecule has 29 heavy (non-hydrogen) atoms. The first-order valence-corrected chi connectivity index (χ1v) is 10.2. The molecule has 0 atom stereocenters. The molecular formula is C25H19BN3+. The Kier molecular flexibility index (Phi) is 2.81. The van der Waals surface area contributed by atoms with Crippen LogP contribution in [-0.4, -0.2) is 6.98 Å². The highest BCUT2D eigenvalue weighted by Crippen LogP contribution is 2.51. The summed E-state index contributed by atoms with van der Waals surface area (Å²) in [7, 11) is 0. The normalized spacial score (nSPS) is 14.7. The minimum absolute atomic E-state index is 0.130. The van der Waals surface area contributed by atoms with Crippen molar-refractivity contribution in [1.29, 1.82) is 0 Å². The van der Waals surface area contributed by atoms with E-state index in [9.17, 15) is 0 Å². The number of para-hydroxylation sites is 3. The smallest absolute Gasteiger partial charge is 0.360 e. The molecule has 0 N–H and O–H groups in total. The van der Waals surface area contributed by atoms with Gasteiger partial charge in [0.15, 0.2) is 12.7 Å². The van der Waals surface area contributed by atoms with Crippen LogP contribution in [0.25, 0.3) is 11.3 Å². The molecule has 4 aromatic rings. The first kappa shape index (κ1) is 15.4. The standard InChI is InChI=1S/C25H19BN3/c1-17-14-23-25-24-18(16-27(25)15-17)8-7-11-20(24)26-28(19-9-3-2-4-10-19)21-12-5-6-13-22(21)29(23)26/h2-15H,16H2,1H3/q+1. The third-order valence-electron chi connectivity index (χ3n) is 6.48. The molecule has 0 saturated heterocycles. The Labute approximate surface area is 170 Å². The van der Waals surface area contributed by atoms with Gasteiger partial charge in [0.05, 0.1) is 16.9 Å². The molecule has 0 amide bonds. The van der Waals surface area contributed by atoms with Crippen molar-refractivity contribution >= 4 is 35.2 Å². The van der Waals surface area contributed by atoms with E-state index < -0.39 is 0 Å². The Morgan fingerprint density at radius 3 is 2.38 bits per heavy atom. The summed E-state index contributed by atoms with van der Waals surface area (Å²) in [6, 6.07) is 28.8. The lowest BCUT2D eigenvalue weighted by atomic mass is 9.59. The number of nitrogens with zero attached hydrogens (tertiary/aromatic N) is 3. The maximum Gasteiger partial charge on any atom is 0.421 e. The van der Waals surface area contributed by atoms with Crippen LogP contribution in [0.1, 0.15) is 11.1 Å². The van der Waals surface area contributed by atoms with Crippen LogP contribution in [0.3, 0.4) is 0 Å². The van der Waals surface area contributed by atoms with E-state index in [4.69, 9.17) is 0 Å². The molecule has 136 valence electrons. The quantitative estimate of drug-likeness (QED) is 0.321. The van der Waals surface area contributed by atoms with Gasteiger partial charge < -0.3 is 9.62 Å². The van der Waals surface area contributed by atoms with Crippen LogP contribution in [0.2, 0.25) is 0 Å². The van der Waals surface area contributed by atoms with Gasteiger partial charge >= 0.3 is 6.98 Å². The predicted molar refractivity (Wildman–Crippen MR) is 118 cm³/mol. The van der Waals surface area contributed by atoms with Crippen molar-refractivity contribution in [2.45, 2.75) is 13.5 Å². The summed E-state index contributed by atoms with van der Waals surface area (Å²) in [6.07, 6.45) is 2.29. The number of hydrogen-bond acceptors (Lipinski definition) is 2. The van der Waals surface area contributed by atoms with Gasteiger partial charge in [0.1, 0.15) is 5.69 Å². The van der Waals surface area contributed by atoms with E-state index in [2.05, 4.69) is 106 Å². The van der Waals surface area contributed by atoms with Crippen LogP contribution in [0, 0.1) is 6.92 Å². The van der Waals surface area contributed by atoms with Gasteiger partial charge in [0, 0.05) is 16.8 Å². The van der Waals surface area contributed by atoms with Crippen molar-refractivity contribution in [3.63, 3.8) is 0 Å². The number of benzene rings is 3. The van der Waals surface area contributed by atoms with Gasteiger partial charge in [-0.15, -0.1) is 0 Å². The van der Waals surface area contributed by atoms with E-state index in [0.29, 0.717) is 0 Å². The number of aromatic nitrogens is 1. The fraction of sp³-hybridized carbons (Fsp3) is 0.0800. The fourth-order valence-corrected chi connectivity index (χ4v) is 5.46. The van der Waals surface area contributed by atoms with Gasteiger partial charge in [-0.25, -0.2) is 0 Å². The van der Waals surface area contributed by atoms with Crippen LogP contribution in [0.4, 0.5) is 22.7 Å². The van der Waals surface area contributed by atoms with Crippen LogP contribution >= 0.6 is 0 Å². The second-order valence-corrected chi connectivity index (χ2v) is 8.20. The molecule has 3 aliphatic heterocycles. The van der Waals surface area contributed by atoms with Crippen molar-refractivity contribution in [2.24, 2.45) is 0 Å². The Balaban J connectivity index is 1.60. The third-order valence-corrected chi connectivity index (χ3v) is 6.48. The van der Waals surface area contributed by atoms with E-state index in [1.54, 1.807) is 0 Å². The summed E-state index contributed by atoms with van der Waals surface area (Å²) in [4.78, 5) is 5.04. The molecule has 3 aliphatic rings. The monoisotopic (exact) mass is 372 g/mol. The zero-order valence-electron chi connectivity index (χ0n) is 16.2. The third kappa shape index (κ3) is 1.86. The first-order valence-electron chi connectivity index (χ1n) is 10.2. The number of fused-ring (bicyclic) bond motifs is 5. The summed E-state index contributed by atoms with van der Waals surface area (Å²) >= 11 is 0. The summed E-state index contributed by atoms with van der Waals surface area (Å²) in [5.41, 5.74) is 12.0. The average Bonchev–Trinajstić information content (AvgIpc) is 3.29. The lowest BCUT2D eigenvalue weighted by Crippen LogP contribution is -2.56. The molecule has 4 heterocycles.